The summed E-state index contributed by atoms with van der Waals surface area (Å²) in [5, 5.41) is 3.91. The second kappa shape index (κ2) is 8.68. The van der Waals surface area contributed by atoms with Crippen molar-refractivity contribution in [3.05, 3.63) is 59.7 Å². The number of hydrogen-bond donors (Lipinski definition) is 2. The fraction of sp³-hybridized carbons (Fsp3) is 0.278. The van der Waals surface area contributed by atoms with Crippen LogP contribution in [0.25, 0.3) is 0 Å². The molecule has 6 nitrogen and oxygen atoms in total. The lowest BCUT2D eigenvalue weighted by Gasteiger charge is -2.36. The number of anilines is 1. The van der Waals surface area contributed by atoms with Gasteiger partial charge in [-0.25, -0.2) is 4.39 Å². The number of rotatable bonds is 5. The number of nitrogens with zero attached hydrogens (tertiary/aromatic N) is 4. The van der Waals surface area contributed by atoms with Gasteiger partial charge in [0, 0.05) is 45.1 Å². The predicted molar refractivity (Wildman–Crippen MR) is 106 cm³/mol. The van der Waals surface area contributed by atoms with Gasteiger partial charge >= 0.3 is 0 Å². The number of halogens is 1. The van der Waals surface area contributed by atoms with Gasteiger partial charge in [0.05, 0.1) is 11.9 Å². The van der Waals surface area contributed by atoms with Gasteiger partial charge in [0.15, 0.2) is 5.11 Å². The van der Waals surface area contributed by atoms with Crippen LogP contribution in [0.1, 0.15) is 11.1 Å². The van der Waals surface area contributed by atoms with E-state index in [-0.39, 0.29) is 10.9 Å². The molecule has 8 heteroatoms. The molecule has 1 aliphatic rings. The van der Waals surface area contributed by atoms with Crippen molar-refractivity contribution in [2.75, 3.05) is 31.1 Å². The Kier molecular flexibility index (Phi) is 6.08. The molecule has 0 bridgehead atoms. The quantitative estimate of drug-likeness (QED) is 0.473. The first-order valence-corrected chi connectivity index (χ1v) is 8.77. The number of pyridine rings is 1. The lowest BCUT2D eigenvalue weighted by molar-refractivity contribution is 0.249. The fourth-order valence-corrected chi connectivity index (χ4v) is 2.98. The number of nitrogens with one attached hydrogen (secondary N) is 1. The minimum atomic E-state index is -0.258. The van der Waals surface area contributed by atoms with Gasteiger partial charge in [0.1, 0.15) is 5.82 Å². The number of nitrogens with two attached hydrogens (primary N) is 1. The summed E-state index contributed by atoms with van der Waals surface area (Å²) in [6.07, 6.45) is 5.10. The number of thiocarbonyl (C=S) groups is 1. The molecule has 1 aromatic heterocycles. The van der Waals surface area contributed by atoms with Crippen LogP contribution in [0.4, 0.5) is 10.1 Å². The van der Waals surface area contributed by atoms with E-state index >= 15 is 0 Å². The molecule has 1 fully saturated rings. The van der Waals surface area contributed by atoms with Crippen LogP contribution < -0.4 is 16.1 Å². The maximum absolute atomic E-state index is 14.5. The van der Waals surface area contributed by atoms with Crippen LogP contribution >= 0.6 is 12.2 Å². The molecule has 2 aromatic rings. The molecule has 0 atom stereocenters. The first-order valence-electron chi connectivity index (χ1n) is 8.36. The topological polar surface area (TPSA) is 69.8 Å². The van der Waals surface area contributed by atoms with Gasteiger partial charge in [-0.2, -0.15) is 5.10 Å². The van der Waals surface area contributed by atoms with Gasteiger partial charge in [-0.05, 0) is 47.6 Å². The Morgan fingerprint density at radius 3 is 2.62 bits per heavy atom. The molecule has 1 aliphatic heterocycles. The summed E-state index contributed by atoms with van der Waals surface area (Å²) in [6, 6.07) is 9.13. The minimum Gasteiger partial charge on any atom is -0.375 e. The van der Waals surface area contributed by atoms with Crippen LogP contribution in [0, 0.1) is 5.82 Å². The summed E-state index contributed by atoms with van der Waals surface area (Å²) < 4.78 is 14.5. The maximum atomic E-state index is 14.5. The highest BCUT2D eigenvalue weighted by Crippen LogP contribution is 2.22. The van der Waals surface area contributed by atoms with Crippen LogP contribution in [-0.4, -0.2) is 47.4 Å². The molecule has 136 valence electrons. The molecule has 0 radical (unpaired) electrons. The van der Waals surface area contributed by atoms with Gasteiger partial charge in [-0.15, -0.1) is 0 Å². The van der Waals surface area contributed by atoms with Crippen molar-refractivity contribution in [3.8, 4) is 0 Å². The molecule has 3 N–H and O–H groups in total. The van der Waals surface area contributed by atoms with E-state index < -0.39 is 0 Å². The lowest BCUT2D eigenvalue weighted by Crippen LogP contribution is -2.46. The molecule has 1 aromatic carbocycles. The Balaban J connectivity index is 1.57. The Morgan fingerprint density at radius 2 is 1.96 bits per heavy atom. The van der Waals surface area contributed by atoms with Crippen LogP contribution in [0.2, 0.25) is 0 Å². The molecule has 0 aliphatic carbocycles. The number of benzene rings is 1. The third-order valence-electron chi connectivity index (χ3n) is 4.23. The molecule has 0 spiro atoms. The summed E-state index contributed by atoms with van der Waals surface area (Å²) in [4.78, 5) is 8.48. The Hall–Kier alpha value is -2.58. The second-order valence-corrected chi connectivity index (χ2v) is 6.50. The average molecular weight is 372 g/mol. The SMILES string of the molecule is NC(=S)NN=Cc1ccc(N2CCN(Cc3ccncc3)CC2)c(F)c1. The van der Waals surface area contributed by atoms with E-state index in [2.05, 4.69) is 37.5 Å². The van der Waals surface area contributed by atoms with Gasteiger partial charge in [0.25, 0.3) is 0 Å². The minimum absolute atomic E-state index is 0.0722. The number of hydrogen-bond acceptors (Lipinski definition) is 5. The monoisotopic (exact) mass is 372 g/mol. The molecule has 26 heavy (non-hydrogen) atoms. The van der Waals surface area contributed by atoms with Crippen molar-refractivity contribution in [1.82, 2.24) is 15.3 Å². The zero-order valence-electron chi connectivity index (χ0n) is 14.3. The first kappa shape index (κ1) is 18.2. The summed E-state index contributed by atoms with van der Waals surface area (Å²) in [7, 11) is 0. The maximum Gasteiger partial charge on any atom is 0.184 e. The zero-order valence-corrected chi connectivity index (χ0v) is 15.1. The van der Waals surface area contributed by atoms with Crippen LogP contribution in [-0.2, 0) is 6.54 Å². The molecule has 0 saturated carbocycles. The first-order chi connectivity index (χ1) is 12.6. The Labute approximate surface area is 157 Å². The van der Waals surface area contributed by atoms with Crippen molar-refractivity contribution in [2.24, 2.45) is 10.8 Å². The van der Waals surface area contributed by atoms with E-state index in [0.29, 0.717) is 11.3 Å². The number of aromatic nitrogens is 1. The number of piperazine rings is 1. The fourth-order valence-electron chi connectivity index (χ4n) is 2.92. The van der Waals surface area contributed by atoms with Gasteiger partial charge < -0.3 is 10.6 Å². The van der Waals surface area contributed by atoms with Crippen LogP contribution in [0.3, 0.4) is 0 Å². The normalized spacial score (nSPS) is 15.3. The molecule has 1 saturated heterocycles. The Bertz CT molecular complexity index is 775. The van der Waals surface area contributed by atoms with E-state index in [4.69, 9.17) is 5.73 Å². The van der Waals surface area contributed by atoms with Crippen molar-refractivity contribution in [2.45, 2.75) is 6.54 Å². The largest absolute Gasteiger partial charge is 0.375 e. The molecule has 0 amide bonds. The van der Waals surface area contributed by atoms with Crippen LogP contribution in [0.5, 0.6) is 0 Å². The molecular weight excluding hydrogens is 351 g/mol. The van der Waals surface area contributed by atoms with Crippen molar-refractivity contribution in [1.29, 1.82) is 0 Å². The van der Waals surface area contributed by atoms with Crippen molar-refractivity contribution >= 4 is 29.2 Å². The second-order valence-electron chi connectivity index (χ2n) is 6.06. The van der Waals surface area contributed by atoms with E-state index in [1.54, 1.807) is 6.07 Å². The molecule has 3 rings (SSSR count). The summed E-state index contributed by atoms with van der Waals surface area (Å²) in [6.45, 7) is 4.26. The van der Waals surface area contributed by atoms with Gasteiger partial charge in [-0.3, -0.25) is 15.3 Å². The van der Waals surface area contributed by atoms with Gasteiger partial charge in [-0.1, -0.05) is 6.07 Å². The molecule has 0 unspecified atom stereocenters. The summed E-state index contributed by atoms with van der Waals surface area (Å²) in [5.41, 5.74) is 10.2. The average Bonchev–Trinajstić information content (AvgIpc) is 2.63. The molecule has 2 heterocycles. The van der Waals surface area contributed by atoms with Crippen molar-refractivity contribution < 1.29 is 4.39 Å². The van der Waals surface area contributed by atoms with Crippen molar-refractivity contribution in [3.63, 3.8) is 0 Å². The summed E-state index contributed by atoms with van der Waals surface area (Å²) >= 11 is 4.66. The highest BCUT2D eigenvalue weighted by Gasteiger charge is 2.19. The van der Waals surface area contributed by atoms with E-state index in [1.165, 1.54) is 17.8 Å². The third kappa shape index (κ3) is 4.96. The number of hydrazone groups is 1. The lowest BCUT2D eigenvalue weighted by atomic mass is 10.1. The van der Waals surface area contributed by atoms with Crippen LogP contribution in [0.15, 0.2) is 47.8 Å². The Morgan fingerprint density at radius 1 is 1.23 bits per heavy atom. The highest BCUT2D eigenvalue weighted by molar-refractivity contribution is 7.80. The molecular formula is C18H21FN6S. The smallest absolute Gasteiger partial charge is 0.184 e. The third-order valence-corrected chi connectivity index (χ3v) is 4.32. The standard InChI is InChI=1S/C18H21FN6S/c19-16-11-15(12-22-23-18(20)26)1-2-17(16)25-9-7-24(8-10-25)13-14-3-5-21-6-4-14/h1-6,11-12H,7-10,13H2,(H3,20,23,26). The summed E-state index contributed by atoms with van der Waals surface area (Å²) in [5.74, 6) is -0.258. The van der Waals surface area contributed by atoms with Gasteiger partial charge in [0.2, 0.25) is 0 Å². The predicted octanol–water partition coefficient (Wildman–Crippen LogP) is 1.71. The highest BCUT2D eigenvalue weighted by atomic mass is 32.1. The zero-order chi connectivity index (χ0) is 18.4. The van der Waals surface area contributed by atoms with E-state index in [9.17, 15) is 4.39 Å². The van der Waals surface area contributed by atoms with E-state index in [1.807, 2.05) is 30.6 Å². The van der Waals surface area contributed by atoms with E-state index in [0.717, 1.165) is 32.7 Å².